The molecule has 0 spiro atoms. The van der Waals surface area contributed by atoms with Crippen molar-refractivity contribution in [1.29, 1.82) is 0 Å². The van der Waals surface area contributed by atoms with Gasteiger partial charge in [0.15, 0.2) is 0 Å². The first-order valence-electron chi connectivity index (χ1n) is 5.45. The Labute approximate surface area is 116 Å². The van der Waals surface area contributed by atoms with Crippen molar-refractivity contribution in [3.63, 3.8) is 0 Å². The topological polar surface area (TPSA) is 33.1 Å². The maximum atomic E-state index is 13.2. The standard InChI is InChI=1S/C13H9F4NOS/c1-7(19)4-9-6-20-12(18-9)8-2-3-11(14)10(5-8)13(15,16)17/h2-3,5-6,19H,1,4H2. The minimum Gasteiger partial charge on any atom is -0.513 e. The molecule has 0 radical (unpaired) electrons. The van der Waals surface area contributed by atoms with Gasteiger partial charge in [0, 0.05) is 17.4 Å². The highest BCUT2D eigenvalue weighted by Gasteiger charge is 2.34. The molecule has 20 heavy (non-hydrogen) atoms. The quantitative estimate of drug-likeness (QED) is 0.665. The number of aromatic nitrogens is 1. The van der Waals surface area contributed by atoms with Gasteiger partial charge >= 0.3 is 6.18 Å². The van der Waals surface area contributed by atoms with Crippen molar-refractivity contribution < 1.29 is 22.7 Å². The Bertz CT molecular complexity index is 648. The maximum Gasteiger partial charge on any atom is 0.419 e. The number of allylic oxidation sites excluding steroid dienone is 1. The Morgan fingerprint density at radius 1 is 1.35 bits per heavy atom. The highest BCUT2D eigenvalue weighted by molar-refractivity contribution is 7.13. The van der Waals surface area contributed by atoms with Crippen LogP contribution in [0.1, 0.15) is 11.3 Å². The second kappa shape index (κ2) is 5.24. The molecule has 2 rings (SSSR count). The second-order valence-corrected chi connectivity index (χ2v) is 4.94. The van der Waals surface area contributed by atoms with Crippen molar-refractivity contribution >= 4 is 11.3 Å². The molecule has 106 valence electrons. The molecule has 1 aromatic heterocycles. The number of rotatable bonds is 3. The Kier molecular flexibility index (Phi) is 3.80. The van der Waals surface area contributed by atoms with Crippen LogP contribution in [0.2, 0.25) is 0 Å². The van der Waals surface area contributed by atoms with Gasteiger partial charge in [-0.05, 0) is 18.2 Å². The van der Waals surface area contributed by atoms with E-state index in [9.17, 15) is 17.6 Å². The molecule has 0 unspecified atom stereocenters. The fourth-order valence-electron chi connectivity index (χ4n) is 1.61. The molecule has 1 aromatic carbocycles. The van der Waals surface area contributed by atoms with Crippen molar-refractivity contribution in [3.05, 3.63) is 53.0 Å². The Morgan fingerprint density at radius 3 is 2.65 bits per heavy atom. The number of hydrogen-bond acceptors (Lipinski definition) is 3. The maximum absolute atomic E-state index is 13.2. The van der Waals surface area contributed by atoms with Crippen LogP contribution in [-0.4, -0.2) is 10.1 Å². The van der Waals surface area contributed by atoms with Crippen molar-refractivity contribution in [2.45, 2.75) is 12.6 Å². The van der Waals surface area contributed by atoms with Crippen LogP contribution in [0.3, 0.4) is 0 Å². The van der Waals surface area contributed by atoms with Gasteiger partial charge in [0.1, 0.15) is 10.8 Å². The zero-order valence-corrected chi connectivity index (χ0v) is 10.9. The number of aliphatic hydroxyl groups excluding tert-OH is 1. The fraction of sp³-hybridized carbons (Fsp3) is 0.154. The molecule has 0 atom stereocenters. The highest BCUT2D eigenvalue weighted by Crippen LogP contribution is 2.35. The predicted molar refractivity (Wildman–Crippen MR) is 68.0 cm³/mol. The molecule has 0 fully saturated rings. The van der Waals surface area contributed by atoms with E-state index in [2.05, 4.69) is 11.6 Å². The van der Waals surface area contributed by atoms with E-state index in [1.54, 1.807) is 5.38 Å². The van der Waals surface area contributed by atoms with Gasteiger partial charge in [-0.3, -0.25) is 0 Å². The number of alkyl halides is 3. The van der Waals surface area contributed by atoms with Gasteiger partial charge < -0.3 is 5.11 Å². The van der Waals surface area contributed by atoms with E-state index >= 15 is 0 Å². The van der Waals surface area contributed by atoms with Crippen molar-refractivity contribution in [2.24, 2.45) is 0 Å². The summed E-state index contributed by atoms with van der Waals surface area (Å²) >= 11 is 1.12. The predicted octanol–water partition coefficient (Wildman–Crippen LogP) is 4.58. The Morgan fingerprint density at radius 2 is 2.05 bits per heavy atom. The van der Waals surface area contributed by atoms with Gasteiger partial charge in [-0.2, -0.15) is 13.2 Å². The number of thiazole rings is 1. The summed E-state index contributed by atoms with van der Waals surface area (Å²) in [4.78, 5) is 4.08. The molecule has 1 heterocycles. The summed E-state index contributed by atoms with van der Waals surface area (Å²) in [6.07, 6.45) is -4.62. The number of halogens is 4. The fourth-order valence-corrected chi connectivity index (χ4v) is 2.42. The summed E-state index contributed by atoms with van der Waals surface area (Å²) in [6, 6.07) is 2.73. The molecule has 2 aromatic rings. The molecule has 0 aliphatic carbocycles. The highest BCUT2D eigenvalue weighted by atomic mass is 32.1. The lowest BCUT2D eigenvalue weighted by atomic mass is 10.1. The number of nitrogens with zero attached hydrogens (tertiary/aromatic N) is 1. The van der Waals surface area contributed by atoms with Crippen LogP contribution in [-0.2, 0) is 12.6 Å². The van der Waals surface area contributed by atoms with Crippen LogP contribution in [0, 0.1) is 5.82 Å². The van der Waals surface area contributed by atoms with Gasteiger partial charge in [0.05, 0.1) is 17.0 Å². The Balaban J connectivity index is 2.38. The first-order valence-corrected chi connectivity index (χ1v) is 6.33. The summed E-state index contributed by atoms with van der Waals surface area (Å²) in [6.45, 7) is 3.31. The third kappa shape index (κ3) is 3.16. The molecular formula is C13H9F4NOS. The summed E-state index contributed by atoms with van der Waals surface area (Å²) in [5.74, 6) is -1.40. The van der Waals surface area contributed by atoms with Crippen LogP contribution in [0.4, 0.5) is 17.6 Å². The van der Waals surface area contributed by atoms with E-state index in [1.807, 2.05) is 0 Å². The zero-order valence-electron chi connectivity index (χ0n) is 10.0. The van der Waals surface area contributed by atoms with Crippen molar-refractivity contribution in [3.8, 4) is 10.6 Å². The molecular weight excluding hydrogens is 294 g/mol. The Hall–Kier alpha value is -1.89. The van der Waals surface area contributed by atoms with E-state index in [0.29, 0.717) is 10.7 Å². The van der Waals surface area contributed by atoms with Gasteiger partial charge in [0.2, 0.25) is 0 Å². The van der Waals surface area contributed by atoms with E-state index in [0.717, 1.165) is 23.5 Å². The molecule has 2 nitrogen and oxygen atoms in total. The summed E-state index contributed by atoms with van der Waals surface area (Å²) in [5, 5.41) is 11.0. The van der Waals surface area contributed by atoms with Gasteiger partial charge in [-0.1, -0.05) is 6.58 Å². The third-order valence-electron chi connectivity index (χ3n) is 2.46. The molecule has 0 aliphatic rings. The second-order valence-electron chi connectivity index (χ2n) is 4.08. The lowest BCUT2D eigenvalue weighted by molar-refractivity contribution is -0.139. The lowest BCUT2D eigenvalue weighted by Gasteiger charge is -2.08. The van der Waals surface area contributed by atoms with Gasteiger partial charge in [0.25, 0.3) is 0 Å². The van der Waals surface area contributed by atoms with Crippen molar-refractivity contribution in [2.75, 3.05) is 0 Å². The number of aliphatic hydroxyl groups is 1. The number of hydrogen-bond donors (Lipinski definition) is 1. The zero-order chi connectivity index (χ0) is 14.9. The molecule has 1 N–H and O–H groups in total. The van der Waals surface area contributed by atoms with Crippen molar-refractivity contribution in [1.82, 2.24) is 4.98 Å². The van der Waals surface area contributed by atoms with Crippen LogP contribution in [0.15, 0.2) is 35.9 Å². The average molecular weight is 303 g/mol. The lowest BCUT2D eigenvalue weighted by Crippen LogP contribution is -2.08. The van der Waals surface area contributed by atoms with Gasteiger partial charge in [-0.25, -0.2) is 9.37 Å². The monoisotopic (exact) mass is 303 g/mol. The van der Waals surface area contributed by atoms with Crippen LogP contribution >= 0.6 is 11.3 Å². The molecule has 0 amide bonds. The van der Waals surface area contributed by atoms with E-state index in [4.69, 9.17) is 5.11 Å². The summed E-state index contributed by atoms with van der Waals surface area (Å²) < 4.78 is 51.0. The van der Waals surface area contributed by atoms with E-state index in [1.165, 1.54) is 6.07 Å². The molecule has 0 saturated heterocycles. The first-order chi connectivity index (χ1) is 9.27. The first kappa shape index (κ1) is 14.5. The molecule has 0 bridgehead atoms. The largest absolute Gasteiger partial charge is 0.513 e. The minimum atomic E-state index is -4.75. The normalized spacial score (nSPS) is 11.6. The smallest absolute Gasteiger partial charge is 0.419 e. The van der Waals surface area contributed by atoms with Crippen LogP contribution in [0.25, 0.3) is 10.6 Å². The summed E-state index contributed by atoms with van der Waals surface area (Å²) in [5.41, 5.74) is -0.646. The molecule has 0 aliphatic heterocycles. The number of benzene rings is 1. The minimum absolute atomic E-state index is 0.0862. The molecule has 7 heteroatoms. The van der Waals surface area contributed by atoms with E-state index < -0.39 is 17.6 Å². The van der Waals surface area contributed by atoms with Crippen LogP contribution < -0.4 is 0 Å². The SMILES string of the molecule is C=C(O)Cc1csc(-c2ccc(F)c(C(F)(F)F)c2)n1. The summed E-state index contributed by atoms with van der Waals surface area (Å²) in [7, 11) is 0. The van der Waals surface area contributed by atoms with Gasteiger partial charge in [-0.15, -0.1) is 11.3 Å². The van der Waals surface area contributed by atoms with E-state index in [-0.39, 0.29) is 17.7 Å². The average Bonchev–Trinajstić information content (AvgIpc) is 2.75. The molecule has 0 saturated carbocycles. The third-order valence-corrected chi connectivity index (χ3v) is 3.40. The van der Waals surface area contributed by atoms with Crippen LogP contribution in [0.5, 0.6) is 0 Å².